The topological polar surface area (TPSA) is 97.3 Å². The molecule has 0 radical (unpaired) electrons. The Bertz CT molecular complexity index is 1140. The Kier molecular flexibility index (Phi) is 6.11. The molecule has 7 nitrogen and oxygen atoms in total. The van der Waals surface area contributed by atoms with Gasteiger partial charge in [0.1, 0.15) is 23.9 Å². The summed E-state index contributed by atoms with van der Waals surface area (Å²) >= 11 is 0. The van der Waals surface area contributed by atoms with Gasteiger partial charge in [-0.25, -0.2) is 14.8 Å². The first kappa shape index (κ1) is 23.1. The zero-order valence-electron chi connectivity index (χ0n) is 18.2. The highest BCUT2D eigenvalue weighted by Crippen LogP contribution is 2.35. The average Bonchev–Trinajstić information content (AvgIpc) is 3.22. The van der Waals surface area contributed by atoms with Crippen molar-refractivity contribution in [2.45, 2.75) is 26.7 Å². The Balaban J connectivity index is 1.87. The van der Waals surface area contributed by atoms with Gasteiger partial charge in [-0.2, -0.15) is 8.78 Å². The van der Waals surface area contributed by atoms with Gasteiger partial charge in [-0.1, -0.05) is 6.07 Å². The van der Waals surface area contributed by atoms with Crippen molar-refractivity contribution < 1.29 is 28.2 Å². The minimum atomic E-state index is -3.03. The highest BCUT2D eigenvalue weighted by molar-refractivity contribution is 5.76. The lowest BCUT2D eigenvalue weighted by atomic mass is 9.95. The van der Waals surface area contributed by atoms with Crippen molar-refractivity contribution in [2.24, 2.45) is 5.41 Å². The molecule has 3 aromatic rings. The Morgan fingerprint density at radius 3 is 2.47 bits per heavy atom. The van der Waals surface area contributed by atoms with Crippen LogP contribution in [-0.4, -0.2) is 39.7 Å². The number of hydrogen-bond acceptors (Lipinski definition) is 5. The van der Waals surface area contributed by atoms with Crippen LogP contribution in [0, 0.1) is 19.3 Å². The number of aliphatic carboxylic acids is 1. The maximum absolute atomic E-state index is 13.5. The lowest BCUT2D eigenvalue weighted by Gasteiger charge is -2.15. The van der Waals surface area contributed by atoms with Gasteiger partial charge < -0.3 is 19.6 Å². The van der Waals surface area contributed by atoms with E-state index in [1.165, 1.54) is 14.0 Å². The highest BCUT2D eigenvalue weighted by Gasteiger charge is 2.36. The molecule has 1 aromatic carbocycles. The predicted molar refractivity (Wildman–Crippen MR) is 115 cm³/mol. The molecular formula is C23H24F2N3O4+. The fourth-order valence-corrected chi connectivity index (χ4v) is 2.94. The first-order valence-electron chi connectivity index (χ1n) is 9.72. The van der Waals surface area contributed by atoms with Gasteiger partial charge >= 0.3 is 5.97 Å². The molecule has 0 amide bonds. The number of halogens is 2. The Morgan fingerprint density at radius 1 is 1.19 bits per heavy atom. The summed E-state index contributed by atoms with van der Waals surface area (Å²) in [7, 11) is 1.49. The molecule has 9 heteroatoms. The molecule has 0 aliphatic rings. The number of nitrogens with zero attached hydrogens (tertiary/aromatic N) is 2. The number of alkyl halides is 2. The third-order valence-electron chi connectivity index (χ3n) is 4.96. The Morgan fingerprint density at radius 2 is 1.91 bits per heavy atom. The number of rotatable bonds is 8. The van der Waals surface area contributed by atoms with E-state index in [1.807, 2.05) is 13.0 Å². The molecule has 0 aliphatic heterocycles. The second kappa shape index (κ2) is 8.49. The van der Waals surface area contributed by atoms with Crippen LogP contribution < -0.4 is 9.47 Å². The van der Waals surface area contributed by atoms with Gasteiger partial charge in [0.2, 0.25) is 11.3 Å². The molecule has 0 bridgehead atoms. The van der Waals surface area contributed by atoms with E-state index in [4.69, 9.17) is 14.6 Å². The van der Waals surface area contributed by atoms with Crippen molar-refractivity contribution in [3.63, 3.8) is 0 Å². The van der Waals surface area contributed by atoms with E-state index in [1.54, 1.807) is 24.4 Å². The van der Waals surface area contributed by atoms with Crippen LogP contribution in [0.2, 0.25) is 0 Å². The van der Waals surface area contributed by atoms with Crippen molar-refractivity contribution in [3.8, 4) is 34.1 Å². The number of carbonyl (C=O) groups is 1. The van der Waals surface area contributed by atoms with Gasteiger partial charge in [-0.05, 0) is 37.1 Å². The predicted octanol–water partition coefficient (Wildman–Crippen LogP) is 4.87. The SMILES string of the molecule is [CH2+]C(C)(COc1cc(C)c(-c2ccc(-c3ncc(C(C)(F)F)[nH]3)c(OC)c2)cn1)C(=O)O. The second-order valence-corrected chi connectivity index (χ2v) is 7.94. The molecule has 0 saturated carbocycles. The number of aromatic amines is 1. The van der Waals surface area contributed by atoms with Crippen molar-refractivity contribution in [1.29, 1.82) is 0 Å². The van der Waals surface area contributed by atoms with Crippen LogP contribution in [0.3, 0.4) is 0 Å². The van der Waals surface area contributed by atoms with E-state index in [-0.39, 0.29) is 24.0 Å². The van der Waals surface area contributed by atoms with E-state index in [0.717, 1.165) is 29.8 Å². The maximum Gasteiger partial charge on any atom is 0.358 e. The number of methoxy groups -OCH3 is 1. The Hall–Kier alpha value is -3.62. The number of carboxylic acid groups (broad SMARTS) is 1. The Labute approximate surface area is 184 Å². The summed E-state index contributed by atoms with van der Waals surface area (Å²) in [5.74, 6) is -3.07. The number of carboxylic acids is 1. The van der Waals surface area contributed by atoms with Crippen molar-refractivity contribution in [3.05, 3.63) is 54.8 Å². The summed E-state index contributed by atoms with van der Waals surface area (Å²) in [6.45, 7) is 7.63. The second-order valence-electron chi connectivity index (χ2n) is 7.94. The maximum atomic E-state index is 13.5. The first-order valence-corrected chi connectivity index (χ1v) is 9.72. The summed E-state index contributed by atoms with van der Waals surface area (Å²) in [5.41, 5.74) is 1.42. The number of H-pyrrole nitrogens is 1. The molecule has 0 aliphatic carbocycles. The number of pyridine rings is 1. The molecule has 0 spiro atoms. The first-order chi connectivity index (χ1) is 14.9. The van der Waals surface area contributed by atoms with Crippen LogP contribution in [-0.2, 0) is 10.7 Å². The number of imidazole rings is 1. The van der Waals surface area contributed by atoms with E-state index in [9.17, 15) is 13.6 Å². The smallest absolute Gasteiger partial charge is 0.358 e. The number of nitrogens with one attached hydrogen (secondary N) is 1. The molecule has 1 atom stereocenters. The van der Waals surface area contributed by atoms with E-state index in [2.05, 4.69) is 21.9 Å². The summed E-state index contributed by atoms with van der Waals surface area (Å²) < 4.78 is 38.0. The fraction of sp³-hybridized carbons (Fsp3) is 0.304. The molecular weight excluding hydrogens is 420 g/mol. The molecule has 2 N–H and O–H groups in total. The van der Waals surface area contributed by atoms with Crippen LogP contribution >= 0.6 is 0 Å². The average molecular weight is 444 g/mol. The summed E-state index contributed by atoms with van der Waals surface area (Å²) in [4.78, 5) is 22.1. The zero-order chi connectivity index (χ0) is 23.7. The number of aromatic nitrogens is 3. The van der Waals surface area contributed by atoms with E-state index >= 15 is 0 Å². The van der Waals surface area contributed by atoms with Gasteiger partial charge in [0.25, 0.3) is 5.92 Å². The van der Waals surface area contributed by atoms with Gasteiger partial charge in [0.05, 0.1) is 25.8 Å². The van der Waals surface area contributed by atoms with E-state index < -0.39 is 17.3 Å². The summed E-state index contributed by atoms with van der Waals surface area (Å²) in [6.07, 6.45) is 2.72. The largest absolute Gasteiger partial charge is 0.496 e. The summed E-state index contributed by atoms with van der Waals surface area (Å²) in [5, 5.41) is 9.14. The molecule has 0 fully saturated rings. The van der Waals surface area contributed by atoms with Crippen molar-refractivity contribution in [2.75, 3.05) is 13.7 Å². The van der Waals surface area contributed by atoms with Crippen LogP contribution in [0.25, 0.3) is 22.5 Å². The van der Waals surface area contributed by atoms with Gasteiger partial charge in [-0.3, -0.25) is 0 Å². The highest BCUT2D eigenvalue weighted by atomic mass is 19.3. The van der Waals surface area contributed by atoms with Crippen LogP contribution in [0.15, 0.2) is 36.7 Å². The van der Waals surface area contributed by atoms with Gasteiger partial charge in [-0.15, -0.1) is 0 Å². The molecule has 2 aromatic heterocycles. The third-order valence-corrected chi connectivity index (χ3v) is 4.96. The molecule has 3 rings (SSSR count). The van der Waals surface area contributed by atoms with Crippen LogP contribution in [0.4, 0.5) is 8.78 Å². The minimum Gasteiger partial charge on any atom is -0.496 e. The number of aryl methyl sites for hydroxylation is 1. The lowest BCUT2D eigenvalue weighted by molar-refractivity contribution is -0.146. The summed E-state index contributed by atoms with van der Waals surface area (Å²) in [6, 6.07) is 7.01. The minimum absolute atomic E-state index is 0.126. The number of hydrogen-bond donors (Lipinski definition) is 2. The fourth-order valence-electron chi connectivity index (χ4n) is 2.94. The number of ether oxygens (including phenoxy) is 2. The monoisotopic (exact) mass is 444 g/mol. The molecule has 1 unspecified atom stereocenters. The zero-order valence-corrected chi connectivity index (χ0v) is 18.2. The van der Waals surface area contributed by atoms with E-state index in [0.29, 0.717) is 11.3 Å². The third kappa shape index (κ3) is 4.82. The lowest BCUT2D eigenvalue weighted by Crippen LogP contribution is -2.31. The standard InChI is InChI=1S/C23H23F2N3O4/c1-13-8-19(32-12-22(2,3)21(29)30)26-10-16(13)14-6-7-15(17(9-14)31-5)20-27-11-18(28-20)23(4,24)25/h6-11H,2,12H2,1,3-5H3,(H-,27,28,29,30)/p+1. The molecule has 168 valence electrons. The molecule has 32 heavy (non-hydrogen) atoms. The number of benzene rings is 1. The molecule has 2 heterocycles. The van der Waals surface area contributed by atoms with Crippen LogP contribution in [0.1, 0.15) is 25.1 Å². The van der Waals surface area contributed by atoms with Crippen molar-refractivity contribution in [1.82, 2.24) is 15.0 Å². The van der Waals surface area contributed by atoms with Crippen molar-refractivity contribution >= 4 is 5.97 Å². The van der Waals surface area contributed by atoms with Gasteiger partial charge in [0.15, 0.2) is 0 Å². The quantitative estimate of drug-likeness (QED) is 0.481. The molecule has 0 saturated heterocycles. The van der Waals surface area contributed by atoms with Gasteiger partial charge in [0, 0.05) is 24.8 Å². The normalized spacial score (nSPS) is 13.4. The van der Waals surface area contributed by atoms with Crippen LogP contribution in [0.5, 0.6) is 11.6 Å².